The number of hydrogen-bond donors (Lipinski definition) is 0. The van der Waals surface area contributed by atoms with Gasteiger partial charge in [-0.1, -0.05) is 60.7 Å². The normalized spacial score (nSPS) is 19.4. The molecule has 3 rings (SSSR count). The Labute approximate surface area is 133 Å². The van der Waals surface area contributed by atoms with Crippen LogP contribution in [0.4, 0.5) is 0 Å². The number of hydrogen-bond acceptors (Lipinski definition) is 2. The summed E-state index contributed by atoms with van der Waals surface area (Å²) in [6.07, 6.45) is 0. The lowest BCUT2D eigenvalue weighted by molar-refractivity contribution is -0.176. The summed E-state index contributed by atoms with van der Waals surface area (Å²) in [6, 6.07) is 21.2. The Morgan fingerprint density at radius 3 is 1.95 bits per heavy atom. The average molecular weight is 293 g/mol. The van der Waals surface area contributed by atoms with Crippen LogP contribution in [-0.2, 0) is 4.84 Å². The highest BCUT2D eigenvalue weighted by molar-refractivity contribution is 5.74. The Morgan fingerprint density at radius 2 is 1.41 bits per heavy atom. The third-order valence-corrected chi connectivity index (χ3v) is 3.98. The summed E-state index contributed by atoms with van der Waals surface area (Å²) in [5.74, 6) is 0.981. The predicted molar refractivity (Wildman–Crippen MR) is 90.9 cm³/mol. The fourth-order valence-corrected chi connectivity index (χ4v) is 3.00. The van der Waals surface area contributed by atoms with Gasteiger partial charge in [-0.3, -0.25) is 0 Å². The minimum atomic E-state index is -0.0850. The maximum Gasteiger partial charge on any atom is 0.127 e. The Morgan fingerprint density at radius 1 is 0.864 bits per heavy atom. The molecule has 0 aliphatic carbocycles. The topological polar surface area (TPSA) is 12.5 Å². The highest BCUT2D eigenvalue weighted by atomic mass is 16.7. The van der Waals surface area contributed by atoms with Crippen LogP contribution in [0.2, 0.25) is 0 Å². The molecule has 0 aromatic heterocycles. The highest BCUT2D eigenvalue weighted by Crippen LogP contribution is 2.46. The molecule has 1 atom stereocenters. The summed E-state index contributed by atoms with van der Waals surface area (Å²) in [6.45, 7) is 8.61. The zero-order valence-corrected chi connectivity index (χ0v) is 13.7. The fraction of sp³-hybridized carbons (Fsp3) is 0.300. The Bertz CT molecular complexity index is 668. The molecule has 1 aliphatic heterocycles. The van der Waals surface area contributed by atoms with Gasteiger partial charge in [-0.15, -0.1) is 5.06 Å². The zero-order chi connectivity index (χ0) is 15.7. The van der Waals surface area contributed by atoms with Gasteiger partial charge < -0.3 is 4.84 Å². The number of rotatable bonds is 2. The summed E-state index contributed by atoms with van der Waals surface area (Å²) < 4.78 is 0. The predicted octanol–water partition coefficient (Wildman–Crippen LogP) is 5.20. The van der Waals surface area contributed by atoms with Crippen molar-refractivity contribution in [2.45, 2.75) is 39.3 Å². The van der Waals surface area contributed by atoms with E-state index < -0.39 is 0 Å². The van der Waals surface area contributed by atoms with Gasteiger partial charge in [0.2, 0.25) is 0 Å². The van der Waals surface area contributed by atoms with Gasteiger partial charge in [0.1, 0.15) is 11.8 Å². The quantitative estimate of drug-likeness (QED) is 0.754. The number of hydroxylamine groups is 2. The van der Waals surface area contributed by atoms with Crippen molar-refractivity contribution >= 4 is 5.57 Å². The molecule has 0 amide bonds. The van der Waals surface area contributed by atoms with E-state index in [2.05, 4.69) is 87.4 Å². The van der Waals surface area contributed by atoms with Gasteiger partial charge in [0.25, 0.3) is 0 Å². The monoisotopic (exact) mass is 293 g/mol. The van der Waals surface area contributed by atoms with Crippen LogP contribution < -0.4 is 0 Å². The second kappa shape index (κ2) is 5.62. The Kier molecular flexibility index (Phi) is 3.79. The lowest BCUT2D eigenvalue weighted by Crippen LogP contribution is -2.40. The third-order valence-electron chi connectivity index (χ3n) is 3.98. The van der Waals surface area contributed by atoms with Crippen molar-refractivity contribution in [1.29, 1.82) is 0 Å². The lowest BCUT2D eigenvalue weighted by Gasteiger charge is -2.36. The van der Waals surface area contributed by atoms with Crippen molar-refractivity contribution in [2.75, 3.05) is 0 Å². The van der Waals surface area contributed by atoms with Crippen molar-refractivity contribution in [3.05, 3.63) is 77.5 Å². The van der Waals surface area contributed by atoms with Gasteiger partial charge in [-0.05, 0) is 38.8 Å². The molecule has 0 fully saturated rings. The molecule has 0 radical (unpaired) electrons. The van der Waals surface area contributed by atoms with Crippen LogP contribution in [0.25, 0.3) is 5.57 Å². The van der Waals surface area contributed by atoms with Crippen molar-refractivity contribution in [3.8, 4) is 0 Å². The van der Waals surface area contributed by atoms with E-state index in [4.69, 9.17) is 4.84 Å². The smallest absolute Gasteiger partial charge is 0.127 e. The first-order valence-electron chi connectivity index (χ1n) is 7.77. The standard InChI is InChI=1S/C20H23NO/c1-15-18(16-11-7-5-8-12-16)19(17-13-9-6-10-14-17)21(22-15)20(2,3)4/h5-14,19H,1-4H3. The van der Waals surface area contributed by atoms with Gasteiger partial charge in [-0.25, -0.2) is 0 Å². The van der Waals surface area contributed by atoms with E-state index in [9.17, 15) is 0 Å². The highest BCUT2D eigenvalue weighted by Gasteiger charge is 2.41. The van der Waals surface area contributed by atoms with E-state index in [-0.39, 0.29) is 11.6 Å². The van der Waals surface area contributed by atoms with Crippen LogP contribution in [0.3, 0.4) is 0 Å². The summed E-state index contributed by atoms with van der Waals surface area (Å²) >= 11 is 0. The fourth-order valence-electron chi connectivity index (χ4n) is 3.00. The van der Waals surface area contributed by atoms with Crippen molar-refractivity contribution in [2.24, 2.45) is 0 Å². The van der Waals surface area contributed by atoms with Gasteiger partial charge in [0.15, 0.2) is 0 Å². The largest absolute Gasteiger partial charge is 0.409 e. The second-order valence-corrected chi connectivity index (χ2v) is 6.74. The molecule has 2 aromatic carbocycles. The molecule has 0 saturated carbocycles. The van der Waals surface area contributed by atoms with Gasteiger partial charge in [0, 0.05) is 11.1 Å². The lowest BCUT2D eigenvalue weighted by atomic mass is 9.90. The van der Waals surface area contributed by atoms with Crippen LogP contribution in [0.15, 0.2) is 66.4 Å². The van der Waals surface area contributed by atoms with Crippen molar-refractivity contribution < 1.29 is 4.84 Å². The van der Waals surface area contributed by atoms with Crippen molar-refractivity contribution in [1.82, 2.24) is 5.06 Å². The van der Waals surface area contributed by atoms with Crippen LogP contribution in [0.5, 0.6) is 0 Å². The van der Waals surface area contributed by atoms with Gasteiger partial charge in [0.05, 0.1) is 0 Å². The first-order chi connectivity index (χ1) is 10.5. The van der Waals surface area contributed by atoms with Crippen LogP contribution in [0, 0.1) is 0 Å². The third kappa shape index (κ3) is 2.67. The van der Waals surface area contributed by atoms with Crippen molar-refractivity contribution in [3.63, 3.8) is 0 Å². The molecule has 1 heterocycles. The number of benzene rings is 2. The molecule has 0 saturated heterocycles. The van der Waals surface area contributed by atoms with Gasteiger partial charge in [-0.2, -0.15) is 0 Å². The minimum absolute atomic E-state index is 0.0850. The number of allylic oxidation sites excluding steroid dienone is 1. The molecule has 2 heteroatoms. The first kappa shape index (κ1) is 14.9. The number of nitrogens with zero attached hydrogens (tertiary/aromatic N) is 1. The Hall–Kier alpha value is -2.06. The van der Waals surface area contributed by atoms with E-state index in [1.54, 1.807) is 0 Å². The summed E-state index contributed by atoms with van der Waals surface area (Å²) in [5.41, 5.74) is 3.65. The zero-order valence-electron chi connectivity index (χ0n) is 13.7. The molecule has 0 bridgehead atoms. The maximum absolute atomic E-state index is 6.17. The van der Waals surface area contributed by atoms with Crippen LogP contribution >= 0.6 is 0 Å². The molecule has 1 aliphatic rings. The summed E-state index contributed by atoms with van der Waals surface area (Å²) in [5, 5.41) is 2.11. The molecule has 114 valence electrons. The molecular weight excluding hydrogens is 270 g/mol. The summed E-state index contributed by atoms with van der Waals surface area (Å²) in [4.78, 5) is 6.17. The molecule has 2 aromatic rings. The molecule has 0 N–H and O–H groups in total. The van der Waals surface area contributed by atoms with E-state index in [0.717, 1.165) is 5.76 Å². The van der Waals surface area contributed by atoms with E-state index in [1.807, 2.05) is 6.07 Å². The van der Waals surface area contributed by atoms with Gasteiger partial charge >= 0.3 is 0 Å². The van der Waals surface area contributed by atoms with Crippen LogP contribution in [0.1, 0.15) is 44.9 Å². The molecule has 22 heavy (non-hydrogen) atoms. The van der Waals surface area contributed by atoms with Crippen LogP contribution in [-0.4, -0.2) is 10.6 Å². The molecular formula is C20H23NO. The average Bonchev–Trinajstić information content (AvgIpc) is 2.87. The molecule has 1 unspecified atom stereocenters. The SMILES string of the molecule is CC1=C(c2ccccc2)C(c2ccccc2)N(C(C)(C)C)O1. The maximum atomic E-state index is 6.17. The molecule has 0 spiro atoms. The summed E-state index contributed by atoms with van der Waals surface area (Å²) in [7, 11) is 0. The van der Waals surface area contributed by atoms with E-state index in [0.29, 0.717) is 0 Å². The van der Waals surface area contributed by atoms with E-state index in [1.165, 1.54) is 16.7 Å². The minimum Gasteiger partial charge on any atom is -0.409 e. The second-order valence-electron chi connectivity index (χ2n) is 6.74. The van der Waals surface area contributed by atoms with E-state index >= 15 is 0 Å². The first-order valence-corrected chi connectivity index (χ1v) is 7.77. The Balaban J connectivity index is 2.12. The molecule has 2 nitrogen and oxygen atoms in total.